The van der Waals surface area contributed by atoms with E-state index in [4.69, 9.17) is 14.2 Å². The lowest BCUT2D eigenvalue weighted by molar-refractivity contribution is 0.0342. The van der Waals surface area contributed by atoms with E-state index in [1.807, 2.05) is 24.3 Å². The number of sulfonamides is 1. The van der Waals surface area contributed by atoms with Gasteiger partial charge >= 0.3 is 0 Å². The summed E-state index contributed by atoms with van der Waals surface area (Å²) in [5.74, 6) is 0.385. The zero-order chi connectivity index (χ0) is 23.8. The predicted octanol–water partition coefficient (Wildman–Crippen LogP) is 1.35. The van der Waals surface area contributed by atoms with Gasteiger partial charge in [0.15, 0.2) is 0 Å². The molecule has 0 aromatic heterocycles. The zero-order valence-corrected chi connectivity index (χ0v) is 20.0. The van der Waals surface area contributed by atoms with Crippen molar-refractivity contribution in [2.24, 2.45) is 0 Å². The highest BCUT2D eigenvalue weighted by Gasteiger charge is 2.26. The Kier molecular flexibility index (Phi) is 8.52. The second kappa shape index (κ2) is 11.8. The lowest BCUT2D eigenvalue weighted by atomic mass is 10.1. The van der Waals surface area contributed by atoms with Crippen LogP contribution < -0.4 is 10.1 Å². The molecule has 0 spiro atoms. The number of carbonyl (C=O) groups excluding carboxylic acids is 1. The fourth-order valence-corrected chi connectivity index (χ4v) is 5.27. The van der Waals surface area contributed by atoms with E-state index in [2.05, 4.69) is 10.2 Å². The molecule has 184 valence electrons. The molecule has 1 amide bonds. The van der Waals surface area contributed by atoms with Gasteiger partial charge in [-0.15, -0.1) is 0 Å². The zero-order valence-electron chi connectivity index (χ0n) is 19.1. The van der Waals surface area contributed by atoms with Crippen molar-refractivity contribution >= 4 is 15.9 Å². The van der Waals surface area contributed by atoms with Crippen LogP contribution in [0.25, 0.3) is 0 Å². The minimum atomic E-state index is -3.52. The van der Waals surface area contributed by atoms with Gasteiger partial charge < -0.3 is 19.5 Å². The molecule has 10 heteroatoms. The maximum absolute atomic E-state index is 12.7. The van der Waals surface area contributed by atoms with Crippen LogP contribution in [-0.2, 0) is 26.0 Å². The molecule has 2 aromatic carbocycles. The summed E-state index contributed by atoms with van der Waals surface area (Å²) < 4.78 is 43.0. The number of nitrogens with one attached hydrogen (secondary N) is 1. The quantitative estimate of drug-likeness (QED) is 0.531. The molecule has 34 heavy (non-hydrogen) atoms. The average molecular weight is 490 g/mol. The van der Waals surface area contributed by atoms with Gasteiger partial charge in [0.2, 0.25) is 10.0 Å². The molecule has 2 aliphatic rings. The van der Waals surface area contributed by atoms with Gasteiger partial charge in [0.25, 0.3) is 5.91 Å². The summed E-state index contributed by atoms with van der Waals surface area (Å²) in [5, 5.41) is 2.84. The molecule has 0 aliphatic carbocycles. The Balaban J connectivity index is 1.20. The Hall–Kier alpha value is -2.50. The molecule has 0 radical (unpaired) electrons. The molecule has 0 saturated carbocycles. The summed E-state index contributed by atoms with van der Waals surface area (Å²) in [6, 6.07) is 14.0. The number of rotatable bonds is 9. The van der Waals surface area contributed by atoms with E-state index >= 15 is 0 Å². The average Bonchev–Trinajstić information content (AvgIpc) is 2.88. The third-order valence-electron chi connectivity index (χ3n) is 5.81. The number of nitrogens with zero attached hydrogens (tertiary/aromatic N) is 2. The first-order valence-electron chi connectivity index (χ1n) is 11.5. The maximum atomic E-state index is 12.7. The summed E-state index contributed by atoms with van der Waals surface area (Å²) in [5.41, 5.74) is 1.77. The van der Waals surface area contributed by atoms with Crippen LogP contribution in [-0.4, -0.2) is 89.3 Å². The fourth-order valence-electron chi connectivity index (χ4n) is 3.86. The Morgan fingerprint density at radius 2 is 1.50 bits per heavy atom. The van der Waals surface area contributed by atoms with E-state index in [-0.39, 0.29) is 17.4 Å². The lowest BCUT2D eigenvalue weighted by Crippen LogP contribution is -2.40. The maximum Gasteiger partial charge on any atom is 0.251 e. The Labute approximate surface area is 200 Å². The van der Waals surface area contributed by atoms with E-state index in [0.717, 1.165) is 32.8 Å². The van der Waals surface area contributed by atoms with Gasteiger partial charge in [-0.25, -0.2) is 8.42 Å². The molecule has 0 atom stereocenters. The molecular weight excluding hydrogens is 458 g/mol. The van der Waals surface area contributed by atoms with Crippen LogP contribution in [0.1, 0.15) is 15.9 Å². The highest BCUT2D eigenvalue weighted by Crippen LogP contribution is 2.20. The predicted molar refractivity (Wildman–Crippen MR) is 126 cm³/mol. The summed E-state index contributed by atoms with van der Waals surface area (Å²) >= 11 is 0. The smallest absolute Gasteiger partial charge is 0.251 e. The minimum absolute atomic E-state index is 0.159. The summed E-state index contributed by atoms with van der Waals surface area (Å²) in [4.78, 5) is 15.0. The molecule has 9 nitrogen and oxygen atoms in total. The molecule has 4 rings (SSSR count). The van der Waals surface area contributed by atoms with Crippen molar-refractivity contribution in [3.8, 4) is 5.75 Å². The first kappa shape index (κ1) is 24.6. The first-order valence-corrected chi connectivity index (χ1v) is 12.9. The number of benzene rings is 2. The van der Waals surface area contributed by atoms with Crippen LogP contribution in [0.2, 0.25) is 0 Å². The summed E-state index contributed by atoms with van der Waals surface area (Å²) in [6.45, 7) is 6.37. The van der Waals surface area contributed by atoms with E-state index in [1.165, 1.54) is 22.0 Å². The van der Waals surface area contributed by atoms with Crippen LogP contribution in [0.4, 0.5) is 0 Å². The Morgan fingerprint density at radius 3 is 2.15 bits per heavy atom. The number of morpholine rings is 2. The molecule has 2 saturated heterocycles. The molecule has 2 heterocycles. The van der Waals surface area contributed by atoms with Gasteiger partial charge in [-0.05, 0) is 42.0 Å². The topological polar surface area (TPSA) is 97.4 Å². The van der Waals surface area contributed by atoms with Gasteiger partial charge in [0, 0.05) is 38.3 Å². The number of hydrogen-bond donors (Lipinski definition) is 1. The third-order valence-corrected chi connectivity index (χ3v) is 7.73. The van der Waals surface area contributed by atoms with Crippen molar-refractivity contribution in [1.82, 2.24) is 14.5 Å². The fraction of sp³-hybridized carbons (Fsp3) is 0.458. The first-order chi connectivity index (χ1) is 16.5. The van der Waals surface area contributed by atoms with E-state index in [1.54, 1.807) is 12.1 Å². The van der Waals surface area contributed by atoms with Crippen molar-refractivity contribution < 1.29 is 27.4 Å². The lowest BCUT2D eigenvalue weighted by Gasteiger charge is -2.26. The van der Waals surface area contributed by atoms with Crippen molar-refractivity contribution in [3.05, 3.63) is 59.7 Å². The van der Waals surface area contributed by atoms with Gasteiger partial charge in [0.1, 0.15) is 12.4 Å². The van der Waals surface area contributed by atoms with Crippen molar-refractivity contribution in [3.63, 3.8) is 0 Å². The molecule has 0 unspecified atom stereocenters. The van der Waals surface area contributed by atoms with E-state index in [9.17, 15) is 13.2 Å². The summed E-state index contributed by atoms with van der Waals surface area (Å²) in [6.07, 6.45) is 0. The molecule has 2 aromatic rings. The van der Waals surface area contributed by atoms with Crippen molar-refractivity contribution in [2.75, 3.05) is 65.8 Å². The number of ether oxygens (including phenoxy) is 3. The minimum Gasteiger partial charge on any atom is -0.492 e. The monoisotopic (exact) mass is 489 g/mol. The molecule has 0 bridgehead atoms. The summed E-state index contributed by atoms with van der Waals surface area (Å²) in [7, 11) is -3.52. The Bertz CT molecular complexity index is 1030. The van der Waals surface area contributed by atoms with Crippen LogP contribution in [0.5, 0.6) is 5.75 Å². The second-order valence-electron chi connectivity index (χ2n) is 8.18. The van der Waals surface area contributed by atoms with Crippen LogP contribution in [0.15, 0.2) is 53.4 Å². The normalized spacial score (nSPS) is 17.9. The number of hydrogen-bond acceptors (Lipinski definition) is 7. The van der Waals surface area contributed by atoms with Gasteiger partial charge in [-0.1, -0.05) is 12.1 Å². The molecular formula is C24H31N3O6S. The van der Waals surface area contributed by atoms with Gasteiger partial charge in [-0.2, -0.15) is 4.31 Å². The standard InChI is InChI=1S/C24H31N3O6S/c28-24(21-3-1-20(2-4-21)19-26-10-15-31-16-11-26)25-9-14-33-22-5-7-23(8-6-22)34(29,30)27-12-17-32-18-13-27/h1-8H,9-19H2,(H,25,28). The van der Waals surface area contributed by atoms with Crippen molar-refractivity contribution in [1.29, 1.82) is 0 Å². The second-order valence-corrected chi connectivity index (χ2v) is 10.1. The van der Waals surface area contributed by atoms with E-state index in [0.29, 0.717) is 44.2 Å². The Morgan fingerprint density at radius 1 is 0.882 bits per heavy atom. The largest absolute Gasteiger partial charge is 0.492 e. The molecule has 1 N–H and O–H groups in total. The van der Waals surface area contributed by atoms with Crippen LogP contribution >= 0.6 is 0 Å². The highest BCUT2D eigenvalue weighted by molar-refractivity contribution is 7.89. The van der Waals surface area contributed by atoms with Crippen LogP contribution in [0.3, 0.4) is 0 Å². The van der Waals surface area contributed by atoms with Crippen molar-refractivity contribution in [2.45, 2.75) is 11.4 Å². The number of amides is 1. The highest BCUT2D eigenvalue weighted by atomic mass is 32.2. The molecule has 2 fully saturated rings. The SMILES string of the molecule is O=C(NCCOc1ccc(S(=O)(=O)N2CCOCC2)cc1)c1ccc(CN2CCOCC2)cc1. The van der Waals surface area contributed by atoms with E-state index < -0.39 is 10.0 Å². The van der Waals surface area contributed by atoms with Gasteiger partial charge in [0.05, 0.1) is 37.9 Å². The third kappa shape index (κ3) is 6.55. The van der Waals surface area contributed by atoms with Crippen LogP contribution in [0, 0.1) is 0 Å². The number of carbonyl (C=O) groups is 1. The van der Waals surface area contributed by atoms with Gasteiger partial charge in [-0.3, -0.25) is 9.69 Å². The molecule has 2 aliphatic heterocycles.